The first-order valence-corrected chi connectivity index (χ1v) is 11.3. The number of hydrogen-bond donors (Lipinski definition) is 1. The molecule has 34 heavy (non-hydrogen) atoms. The number of methoxy groups -OCH3 is 2. The lowest BCUT2D eigenvalue weighted by atomic mass is 10.2. The lowest BCUT2D eigenvalue weighted by Gasteiger charge is -2.17. The molecule has 0 radical (unpaired) electrons. The van der Waals surface area contributed by atoms with Crippen LogP contribution in [0.1, 0.15) is 12.5 Å². The highest BCUT2D eigenvalue weighted by atomic mass is 32.2. The highest BCUT2D eigenvalue weighted by Crippen LogP contribution is 2.29. The number of ether oxygens (including phenoxy) is 2. The minimum Gasteiger partial charge on any atom is -0.493 e. The number of aromatic nitrogens is 4. The first kappa shape index (κ1) is 23.2. The van der Waals surface area contributed by atoms with Gasteiger partial charge in [0.05, 0.1) is 36.9 Å². The molecule has 0 spiro atoms. The highest BCUT2D eigenvalue weighted by Gasteiger charge is 2.20. The molecule has 0 saturated carbocycles. The molecule has 2 aromatic carbocycles. The van der Waals surface area contributed by atoms with Gasteiger partial charge < -0.3 is 9.47 Å². The van der Waals surface area contributed by atoms with Gasteiger partial charge in [0.25, 0.3) is 5.56 Å². The number of carbonyl (C=O) groups is 1. The molecule has 9 nitrogen and oxygen atoms in total. The molecule has 4 aromatic rings. The van der Waals surface area contributed by atoms with Gasteiger partial charge in [-0.2, -0.15) is 0 Å². The van der Waals surface area contributed by atoms with E-state index in [4.69, 9.17) is 14.5 Å². The Bertz CT molecular complexity index is 1380. The van der Waals surface area contributed by atoms with Gasteiger partial charge in [-0.15, -0.1) is 0 Å². The van der Waals surface area contributed by atoms with Crippen molar-refractivity contribution < 1.29 is 14.3 Å². The number of para-hydroxylation sites is 1. The van der Waals surface area contributed by atoms with E-state index in [2.05, 4.69) is 15.3 Å². The fourth-order valence-electron chi connectivity index (χ4n) is 3.33. The summed E-state index contributed by atoms with van der Waals surface area (Å²) in [5.74, 6) is 1.08. The molecule has 2 heterocycles. The SMILES string of the molecule is COc1ccc(Cn2c(SC(C)C(=O)Nc3ncccn3)nc3ccccc3c2=O)cc1OC. The lowest BCUT2D eigenvalue weighted by molar-refractivity contribution is -0.115. The van der Waals surface area contributed by atoms with Crippen molar-refractivity contribution in [1.29, 1.82) is 0 Å². The summed E-state index contributed by atoms with van der Waals surface area (Å²) < 4.78 is 12.3. The van der Waals surface area contributed by atoms with Gasteiger partial charge in [-0.05, 0) is 42.8 Å². The standard InChI is InChI=1S/C24H23N5O4S/c1-15(21(30)28-23-25-11-6-12-26-23)34-24-27-18-8-5-4-7-17(18)22(31)29(24)14-16-9-10-19(32-2)20(13-16)33-3/h4-13,15H,14H2,1-3H3,(H,25,26,28,30). The first-order chi connectivity index (χ1) is 16.5. The molecule has 0 bridgehead atoms. The maximum Gasteiger partial charge on any atom is 0.262 e. The van der Waals surface area contributed by atoms with Gasteiger partial charge in [0.1, 0.15) is 0 Å². The van der Waals surface area contributed by atoms with Gasteiger partial charge in [0.2, 0.25) is 11.9 Å². The number of rotatable bonds is 8. The van der Waals surface area contributed by atoms with Crippen LogP contribution in [0.2, 0.25) is 0 Å². The third-order valence-electron chi connectivity index (χ3n) is 5.07. The molecule has 1 unspecified atom stereocenters. The van der Waals surface area contributed by atoms with E-state index < -0.39 is 5.25 Å². The molecule has 0 saturated heterocycles. The predicted molar refractivity (Wildman–Crippen MR) is 131 cm³/mol. The summed E-state index contributed by atoms with van der Waals surface area (Å²) in [6, 6.07) is 14.3. The van der Waals surface area contributed by atoms with Crippen molar-refractivity contribution in [3.8, 4) is 11.5 Å². The average Bonchev–Trinajstić information content (AvgIpc) is 2.86. The van der Waals surface area contributed by atoms with Crippen LogP contribution in [0.5, 0.6) is 11.5 Å². The monoisotopic (exact) mass is 477 g/mol. The second-order valence-electron chi connectivity index (χ2n) is 7.31. The van der Waals surface area contributed by atoms with Crippen LogP contribution in [-0.4, -0.2) is 44.9 Å². The fraction of sp³-hybridized carbons (Fsp3) is 0.208. The van der Waals surface area contributed by atoms with Crippen LogP contribution >= 0.6 is 11.8 Å². The zero-order valence-electron chi connectivity index (χ0n) is 18.9. The maximum absolute atomic E-state index is 13.4. The second kappa shape index (κ2) is 10.3. The van der Waals surface area contributed by atoms with E-state index in [0.717, 1.165) is 5.56 Å². The third kappa shape index (κ3) is 5.01. The molecular weight excluding hydrogens is 454 g/mol. The molecule has 0 aliphatic rings. The summed E-state index contributed by atoms with van der Waals surface area (Å²) in [6.45, 7) is 1.99. The topological polar surface area (TPSA) is 108 Å². The number of carbonyl (C=O) groups excluding carboxylic acids is 1. The second-order valence-corrected chi connectivity index (χ2v) is 8.62. The number of anilines is 1. The Hall–Kier alpha value is -3.92. The Labute approximate surface area is 200 Å². The largest absolute Gasteiger partial charge is 0.493 e. The quantitative estimate of drug-likeness (QED) is 0.304. The van der Waals surface area contributed by atoms with E-state index in [0.29, 0.717) is 27.6 Å². The number of fused-ring (bicyclic) bond motifs is 1. The molecule has 1 amide bonds. The molecule has 4 rings (SSSR count). The molecule has 1 atom stereocenters. The number of hydrogen-bond acceptors (Lipinski definition) is 8. The average molecular weight is 478 g/mol. The number of nitrogens with zero attached hydrogens (tertiary/aromatic N) is 4. The Morgan fingerprint density at radius 2 is 1.79 bits per heavy atom. The number of thioether (sulfide) groups is 1. The first-order valence-electron chi connectivity index (χ1n) is 10.4. The maximum atomic E-state index is 13.4. The van der Waals surface area contributed by atoms with Gasteiger partial charge in [-0.25, -0.2) is 15.0 Å². The Morgan fingerprint density at radius 1 is 1.06 bits per heavy atom. The van der Waals surface area contributed by atoms with Gasteiger partial charge in [0.15, 0.2) is 16.7 Å². The Kier molecular flexibility index (Phi) is 7.07. The smallest absolute Gasteiger partial charge is 0.262 e. The third-order valence-corrected chi connectivity index (χ3v) is 6.16. The Morgan fingerprint density at radius 3 is 2.53 bits per heavy atom. The van der Waals surface area contributed by atoms with Crippen LogP contribution in [0.4, 0.5) is 5.95 Å². The summed E-state index contributed by atoms with van der Waals surface area (Å²) in [7, 11) is 3.13. The van der Waals surface area contributed by atoms with E-state index in [1.165, 1.54) is 11.8 Å². The van der Waals surface area contributed by atoms with Crippen molar-refractivity contribution in [2.75, 3.05) is 19.5 Å². The summed E-state index contributed by atoms with van der Waals surface area (Å²) >= 11 is 1.19. The van der Waals surface area contributed by atoms with Gasteiger partial charge in [0, 0.05) is 12.4 Å². The fourth-order valence-corrected chi connectivity index (χ4v) is 4.23. The van der Waals surface area contributed by atoms with Gasteiger partial charge >= 0.3 is 0 Å². The molecule has 1 N–H and O–H groups in total. The van der Waals surface area contributed by atoms with Gasteiger partial charge in [-0.1, -0.05) is 30.0 Å². The normalized spacial score (nSPS) is 11.7. The molecule has 0 aliphatic carbocycles. The van der Waals surface area contributed by atoms with E-state index in [1.807, 2.05) is 18.2 Å². The van der Waals surface area contributed by atoms with Crippen LogP contribution in [-0.2, 0) is 11.3 Å². The molecule has 0 aliphatic heterocycles. The summed E-state index contributed by atoms with van der Waals surface area (Å²) in [5, 5.41) is 3.05. The van der Waals surface area contributed by atoms with Crippen molar-refractivity contribution in [3.63, 3.8) is 0 Å². The van der Waals surface area contributed by atoms with Crippen LogP contribution in [0, 0.1) is 0 Å². The summed E-state index contributed by atoms with van der Waals surface area (Å²) in [5.41, 5.74) is 1.20. The van der Waals surface area contributed by atoms with Crippen LogP contribution < -0.4 is 20.3 Å². The van der Waals surface area contributed by atoms with Crippen molar-refractivity contribution in [3.05, 3.63) is 76.8 Å². The minimum absolute atomic E-state index is 0.193. The van der Waals surface area contributed by atoms with Crippen molar-refractivity contribution in [2.24, 2.45) is 0 Å². The number of nitrogens with one attached hydrogen (secondary N) is 1. The van der Waals surface area contributed by atoms with Crippen LogP contribution in [0.25, 0.3) is 10.9 Å². The lowest BCUT2D eigenvalue weighted by Crippen LogP contribution is -2.27. The van der Waals surface area contributed by atoms with E-state index in [9.17, 15) is 9.59 Å². The number of amides is 1. The van der Waals surface area contributed by atoms with E-state index in [-0.39, 0.29) is 24.0 Å². The molecule has 2 aromatic heterocycles. The molecule has 0 fully saturated rings. The Balaban J connectivity index is 1.69. The van der Waals surface area contributed by atoms with Crippen molar-refractivity contribution in [1.82, 2.24) is 19.5 Å². The van der Waals surface area contributed by atoms with Crippen LogP contribution in [0.15, 0.2) is 70.9 Å². The summed E-state index contributed by atoms with van der Waals surface area (Å²) in [6.07, 6.45) is 3.10. The minimum atomic E-state index is -0.562. The highest BCUT2D eigenvalue weighted by molar-refractivity contribution is 8.00. The van der Waals surface area contributed by atoms with Crippen molar-refractivity contribution >= 4 is 34.5 Å². The molecular formula is C24H23N5O4S. The zero-order chi connectivity index (χ0) is 24.1. The van der Waals surface area contributed by atoms with Gasteiger partial charge in [-0.3, -0.25) is 19.5 Å². The molecule has 174 valence electrons. The van der Waals surface area contributed by atoms with Crippen LogP contribution in [0.3, 0.4) is 0 Å². The summed E-state index contributed by atoms with van der Waals surface area (Å²) in [4.78, 5) is 38.9. The van der Waals surface area contributed by atoms with Crippen molar-refractivity contribution in [2.45, 2.75) is 23.9 Å². The van der Waals surface area contributed by atoms with E-state index in [1.54, 1.807) is 68.4 Å². The van der Waals surface area contributed by atoms with E-state index >= 15 is 0 Å². The molecule has 10 heteroatoms. The predicted octanol–water partition coefficient (Wildman–Crippen LogP) is 3.37. The number of benzene rings is 2. The zero-order valence-corrected chi connectivity index (χ0v) is 19.7.